The fourth-order valence-electron chi connectivity index (χ4n) is 2.91. The van der Waals surface area contributed by atoms with Crippen LogP contribution in [0, 0.1) is 6.92 Å². The highest BCUT2D eigenvalue weighted by molar-refractivity contribution is 7.19. The number of halogens is 1. The Morgan fingerprint density at radius 2 is 1.85 bits per heavy atom. The first-order valence-corrected chi connectivity index (χ1v) is 9.41. The fourth-order valence-corrected chi connectivity index (χ4v) is 4.73. The molecular weight excluding hydrogens is 378 g/mol. The third-order valence-corrected chi connectivity index (χ3v) is 5.83. The van der Waals surface area contributed by atoms with E-state index in [1.165, 1.54) is 38.0 Å². The van der Waals surface area contributed by atoms with Gasteiger partial charge in [-0.2, -0.15) is 0 Å². The summed E-state index contributed by atoms with van der Waals surface area (Å²) < 4.78 is 8.72. The summed E-state index contributed by atoms with van der Waals surface area (Å²) in [6, 6.07) is 0. The number of aliphatic hydroxyl groups is 1. The number of fused-ring (bicyclic) bond motifs is 3. The molecule has 8 heteroatoms. The number of nitrogens with zero attached hydrogens (tertiary/aromatic N) is 1. The quantitative estimate of drug-likeness (QED) is 0.777. The van der Waals surface area contributed by atoms with Gasteiger partial charge >= 0.3 is 11.9 Å². The number of aliphatic hydroxyl groups excluding tert-OH is 1. The van der Waals surface area contributed by atoms with E-state index in [1.54, 1.807) is 18.3 Å². The molecule has 6 nitrogen and oxygen atoms in total. The summed E-state index contributed by atoms with van der Waals surface area (Å²) in [6.07, 6.45) is 2.97. The number of pyridine rings is 1. The van der Waals surface area contributed by atoms with Gasteiger partial charge in [0.15, 0.2) is 6.10 Å². The minimum atomic E-state index is -1.39. The molecule has 0 radical (unpaired) electrons. The van der Waals surface area contributed by atoms with Crippen LogP contribution in [0.5, 0.6) is 0 Å². The number of aryl methyl sites for hydroxylation is 3. The van der Waals surface area contributed by atoms with Crippen LogP contribution in [0.1, 0.15) is 47.6 Å². The van der Waals surface area contributed by atoms with E-state index >= 15 is 0 Å². The Kier molecular flexibility index (Phi) is 6.97. The topological polar surface area (TPSA) is 85.7 Å². The molecule has 26 heavy (non-hydrogen) atoms. The monoisotopic (exact) mass is 399 g/mol. The number of carbonyl (C=O) groups is 2. The van der Waals surface area contributed by atoms with Gasteiger partial charge < -0.3 is 14.6 Å². The predicted molar refractivity (Wildman–Crippen MR) is 101 cm³/mol. The van der Waals surface area contributed by atoms with Gasteiger partial charge in [-0.1, -0.05) is 11.6 Å². The van der Waals surface area contributed by atoms with Crippen LogP contribution in [-0.2, 0) is 31.9 Å². The molecule has 142 valence electrons. The number of hydrogen-bond donors (Lipinski definition) is 1. The molecule has 0 saturated heterocycles. The molecule has 2 aromatic heterocycles. The van der Waals surface area contributed by atoms with E-state index in [-0.39, 0.29) is 5.97 Å². The summed E-state index contributed by atoms with van der Waals surface area (Å²) in [4.78, 5) is 28.0. The van der Waals surface area contributed by atoms with Crippen LogP contribution >= 0.6 is 22.9 Å². The number of aromatic nitrogens is 1. The van der Waals surface area contributed by atoms with Crippen molar-refractivity contribution in [2.24, 2.45) is 0 Å². The molecule has 1 aliphatic carbocycles. The van der Waals surface area contributed by atoms with E-state index in [9.17, 15) is 14.7 Å². The summed E-state index contributed by atoms with van der Waals surface area (Å²) in [5, 5.41) is 11.5. The molecule has 1 N–H and O–H groups in total. The van der Waals surface area contributed by atoms with Crippen LogP contribution in [0.4, 0.5) is 0 Å². The Morgan fingerprint density at radius 1 is 1.23 bits per heavy atom. The van der Waals surface area contributed by atoms with E-state index in [1.807, 2.05) is 0 Å². The lowest BCUT2D eigenvalue weighted by atomic mass is 9.95. The van der Waals surface area contributed by atoms with Crippen molar-refractivity contribution in [3.05, 3.63) is 26.7 Å². The third-order valence-electron chi connectivity index (χ3n) is 4.25. The third kappa shape index (κ3) is 4.16. The van der Waals surface area contributed by atoms with Crippen molar-refractivity contribution in [3.8, 4) is 0 Å². The molecule has 0 saturated carbocycles. The van der Waals surface area contributed by atoms with Crippen molar-refractivity contribution in [1.82, 2.24) is 4.98 Å². The van der Waals surface area contributed by atoms with E-state index in [0.29, 0.717) is 16.3 Å². The van der Waals surface area contributed by atoms with E-state index in [4.69, 9.17) is 11.6 Å². The first-order valence-electron chi connectivity index (χ1n) is 8.22. The maximum absolute atomic E-state index is 11.6. The Morgan fingerprint density at radius 3 is 2.42 bits per heavy atom. The molecule has 1 aliphatic rings. The predicted octanol–water partition coefficient (Wildman–Crippen LogP) is 3.52. The molecule has 3 rings (SSSR count). The molecule has 0 bridgehead atoms. The van der Waals surface area contributed by atoms with E-state index in [0.717, 1.165) is 29.5 Å². The number of ether oxygens (including phenoxy) is 2. The maximum Gasteiger partial charge on any atom is 0.339 e. The lowest BCUT2D eigenvalue weighted by Crippen LogP contribution is -2.16. The average Bonchev–Trinajstić information content (AvgIpc) is 2.99. The molecule has 0 amide bonds. The van der Waals surface area contributed by atoms with Crippen molar-refractivity contribution in [1.29, 1.82) is 0 Å². The minimum absolute atomic E-state index is 0.245. The van der Waals surface area contributed by atoms with Gasteiger partial charge in [-0.05, 0) is 38.2 Å². The highest BCUT2D eigenvalue weighted by Crippen LogP contribution is 2.42. The van der Waals surface area contributed by atoms with Crippen LogP contribution in [-0.4, -0.2) is 36.2 Å². The van der Waals surface area contributed by atoms with Crippen molar-refractivity contribution in [2.75, 3.05) is 14.2 Å². The van der Waals surface area contributed by atoms with Gasteiger partial charge in [0.2, 0.25) is 0 Å². The van der Waals surface area contributed by atoms with Crippen molar-refractivity contribution >= 4 is 45.1 Å². The standard InChI is InChI=1S/C15H16ClNO3S.C3H6O2/c1-7-10(13(18)15(19)20-2)12(16)11-8-5-3-4-6-9(8)21-14(11)17-7;1-3(4)5-2/h13,18H,3-6H2,1-2H3;1-2H3. The molecule has 2 aromatic rings. The summed E-state index contributed by atoms with van der Waals surface area (Å²) in [7, 11) is 2.59. The van der Waals surface area contributed by atoms with Gasteiger partial charge in [0, 0.05) is 28.4 Å². The van der Waals surface area contributed by atoms with Crippen LogP contribution in [0.25, 0.3) is 10.2 Å². The highest BCUT2D eigenvalue weighted by atomic mass is 35.5. The molecule has 0 aromatic carbocycles. The second kappa shape index (κ2) is 8.79. The van der Waals surface area contributed by atoms with Gasteiger partial charge in [-0.25, -0.2) is 9.78 Å². The van der Waals surface area contributed by atoms with Gasteiger partial charge in [-0.15, -0.1) is 11.3 Å². The lowest BCUT2D eigenvalue weighted by Gasteiger charge is -2.15. The number of esters is 2. The Balaban J connectivity index is 0.000000431. The van der Waals surface area contributed by atoms with E-state index in [2.05, 4.69) is 14.5 Å². The fraction of sp³-hybridized carbons (Fsp3) is 0.500. The summed E-state index contributed by atoms with van der Waals surface area (Å²) in [5.74, 6) is -0.963. The zero-order valence-electron chi connectivity index (χ0n) is 15.2. The summed E-state index contributed by atoms with van der Waals surface area (Å²) in [6.45, 7) is 3.12. The molecule has 0 aliphatic heterocycles. The van der Waals surface area contributed by atoms with Crippen LogP contribution in [0.15, 0.2) is 0 Å². The largest absolute Gasteiger partial charge is 0.469 e. The first kappa shape index (κ1) is 20.6. The lowest BCUT2D eigenvalue weighted by molar-refractivity contribution is -0.150. The Hall–Kier alpha value is -1.70. The molecule has 0 spiro atoms. The highest BCUT2D eigenvalue weighted by Gasteiger charge is 2.28. The smallest absolute Gasteiger partial charge is 0.339 e. The second-order valence-corrected chi connectivity index (χ2v) is 7.40. The summed E-state index contributed by atoms with van der Waals surface area (Å²) in [5.41, 5.74) is 2.17. The van der Waals surface area contributed by atoms with E-state index < -0.39 is 12.1 Å². The van der Waals surface area contributed by atoms with Gasteiger partial charge in [-0.3, -0.25) is 4.79 Å². The zero-order valence-corrected chi connectivity index (χ0v) is 16.8. The number of thiophene rings is 1. The molecular formula is C18H22ClNO5S. The SMILES string of the molecule is COC(=O)C(O)c1c(C)nc2sc3c(c2c1Cl)CCCC3.COC(C)=O. The van der Waals surface area contributed by atoms with Crippen LogP contribution in [0.3, 0.4) is 0 Å². The molecule has 2 heterocycles. The van der Waals surface area contributed by atoms with Crippen molar-refractivity contribution in [3.63, 3.8) is 0 Å². The molecule has 1 atom stereocenters. The summed E-state index contributed by atoms with van der Waals surface area (Å²) >= 11 is 8.19. The second-order valence-electron chi connectivity index (χ2n) is 5.94. The Labute approximate surface area is 161 Å². The minimum Gasteiger partial charge on any atom is -0.469 e. The first-order chi connectivity index (χ1) is 12.3. The normalized spacial score (nSPS) is 14.1. The maximum atomic E-state index is 11.6. The average molecular weight is 400 g/mol. The van der Waals surface area contributed by atoms with Crippen LogP contribution in [0.2, 0.25) is 5.02 Å². The van der Waals surface area contributed by atoms with Gasteiger partial charge in [0.25, 0.3) is 0 Å². The molecule has 0 fully saturated rings. The molecule has 1 unspecified atom stereocenters. The zero-order chi connectivity index (χ0) is 19.4. The number of methoxy groups -OCH3 is 2. The number of rotatable bonds is 2. The number of hydrogen-bond acceptors (Lipinski definition) is 7. The van der Waals surface area contributed by atoms with Crippen molar-refractivity contribution < 1.29 is 24.2 Å². The van der Waals surface area contributed by atoms with Crippen molar-refractivity contribution in [2.45, 2.75) is 45.6 Å². The van der Waals surface area contributed by atoms with Gasteiger partial charge in [0.1, 0.15) is 4.83 Å². The Bertz CT molecular complexity index is 833. The number of carbonyl (C=O) groups excluding carboxylic acids is 2. The van der Waals surface area contributed by atoms with Crippen LogP contribution < -0.4 is 0 Å². The van der Waals surface area contributed by atoms with Gasteiger partial charge in [0.05, 0.1) is 19.2 Å².